The number of carbonyl (C=O) groups excluding carboxylic acids is 1. The Morgan fingerprint density at radius 2 is 1.90 bits per heavy atom. The van der Waals surface area contributed by atoms with Crippen molar-refractivity contribution in [3.63, 3.8) is 0 Å². The molecule has 0 heterocycles. The van der Waals surface area contributed by atoms with Crippen molar-refractivity contribution in [2.45, 2.75) is 32.4 Å². The zero-order chi connectivity index (χ0) is 19.9. The molecule has 0 saturated heterocycles. The molecule has 5 nitrogen and oxygen atoms in total. The van der Waals surface area contributed by atoms with Crippen LogP contribution in [0.15, 0.2) is 53.5 Å². The lowest BCUT2D eigenvalue weighted by Crippen LogP contribution is -2.38. The molecule has 156 valence electrons. The molecule has 0 radical (unpaired) electrons. The summed E-state index contributed by atoms with van der Waals surface area (Å²) in [4.78, 5) is 18.4. The van der Waals surface area contributed by atoms with E-state index in [1.807, 2.05) is 36.2 Å². The minimum Gasteiger partial charge on any atom is -0.352 e. The fourth-order valence-electron chi connectivity index (χ4n) is 3.18. The third kappa shape index (κ3) is 6.69. The van der Waals surface area contributed by atoms with E-state index in [0.717, 1.165) is 42.0 Å². The van der Waals surface area contributed by atoms with Gasteiger partial charge in [-0.05, 0) is 48.2 Å². The summed E-state index contributed by atoms with van der Waals surface area (Å²) in [6, 6.07) is 14.3. The van der Waals surface area contributed by atoms with E-state index in [0.29, 0.717) is 13.1 Å². The number of anilines is 1. The smallest absolute Gasteiger partial charge is 0.227 e. The average molecular weight is 510 g/mol. The number of nitrogens with one attached hydrogen (secondary N) is 2. The van der Waals surface area contributed by atoms with Gasteiger partial charge in [-0.2, -0.15) is 0 Å². The Morgan fingerprint density at radius 1 is 1.17 bits per heavy atom. The van der Waals surface area contributed by atoms with Gasteiger partial charge >= 0.3 is 0 Å². The molecule has 1 amide bonds. The summed E-state index contributed by atoms with van der Waals surface area (Å²) in [6.45, 7) is 1.21. The van der Waals surface area contributed by atoms with E-state index >= 15 is 0 Å². The molecule has 0 aromatic heterocycles. The fraction of sp³-hybridized carbons (Fsp3) is 0.364. The van der Waals surface area contributed by atoms with Crippen molar-refractivity contribution in [3.8, 4) is 0 Å². The van der Waals surface area contributed by atoms with E-state index < -0.39 is 0 Å². The first-order valence-corrected chi connectivity index (χ1v) is 9.61. The van der Waals surface area contributed by atoms with Crippen LogP contribution in [0.2, 0.25) is 0 Å². The van der Waals surface area contributed by atoms with Gasteiger partial charge in [0, 0.05) is 38.8 Å². The Kier molecular flexibility index (Phi) is 8.88. The van der Waals surface area contributed by atoms with Crippen molar-refractivity contribution >= 4 is 41.5 Å². The molecular weight excluding hydrogens is 482 g/mol. The summed E-state index contributed by atoms with van der Waals surface area (Å²) in [6.07, 6.45) is 3.13. The highest BCUT2D eigenvalue weighted by atomic mass is 127. The number of carbonyl (C=O) groups is 1. The van der Waals surface area contributed by atoms with Crippen LogP contribution in [0.5, 0.6) is 0 Å². The predicted molar refractivity (Wildman–Crippen MR) is 126 cm³/mol. The number of nitrogens with zero attached hydrogens (tertiary/aromatic N) is 2. The maximum atomic E-state index is 13.1. The molecule has 3 rings (SSSR count). The molecule has 0 atom stereocenters. The minimum atomic E-state index is -0.238. The molecule has 1 aliphatic rings. The maximum Gasteiger partial charge on any atom is 0.227 e. The van der Waals surface area contributed by atoms with Gasteiger partial charge in [0.2, 0.25) is 5.91 Å². The largest absolute Gasteiger partial charge is 0.352 e. The van der Waals surface area contributed by atoms with E-state index in [2.05, 4.69) is 15.6 Å². The molecule has 2 aromatic rings. The Hall–Kier alpha value is -2.16. The van der Waals surface area contributed by atoms with Crippen LogP contribution in [0.3, 0.4) is 0 Å². The lowest BCUT2D eigenvalue weighted by Gasteiger charge is -2.24. The van der Waals surface area contributed by atoms with E-state index in [1.54, 1.807) is 19.2 Å². The SMILES string of the molecule is CN=C(NCc1cccc(NC(=O)C2CCC2)c1)N(C)Cc1ccc(F)cc1.I. The first kappa shape index (κ1) is 23.1. The van der Waals surface area contributed by atoms with Crippen molar-refractivity contribution in [3.05, 3.63) is 65.5 Å². The Bertz CT molecular complexity index is 837. The first-order valence-electron chi connectivity index (χ1n) is 9.61. The highest BCUT2D eigenvalue weighted by Crippen LogP contribution is 2.27. The Balaban J connectivity index is 0.00000300. The van der Waals surface area contributed by atoms with Gasteiger partial charge in [0.25, 0.3) is 0 Å². The second-order valence-corrected chi connectivity index (χ2v) is 7.20. The van der Waals surface area contributed by atoms with Gasteiger partial charge in [0.15, 0.2) is 5.96 Å². The van der Waals surface area contributed by atoms with Crippen molar-refractivity contribution in [1.82, 2.24) is 10.2 Å². The van der Waals surface area contributed by atoms with Crippen LogP contribution in [-0.4, -0.2) is 30.9 Å². The van der Waals surface area contributed by atoms with Crippen LogP contribution < -0.4 is 10.6 Å². The van der Waals surface area contributed by atoms with Gasteiger partial charge in [0.1, 0.15) is 5.82 Å². The Morgan fingerprint density at radius 3 is 2.52 bits per heavy atom. The molecule has 0 spiro atoms. The normalized spacial score (nSPS) is 13.8. The lowest BCUT2D eigenvalue weighted by atomic mass is 9.85. The highest BCUT2D eigenvalue weighted by molar-refractivity contribution is 14.0. The number of halogens is 2. The van der Waals surface area contributed by atoms with Crippen molar-refractivity contribution < 1.29 is 9.18 Å². The van der Waals surface area contributed by atoms with E-state index in [-0.39, 0.29) is 41.6 Å². The van der Waals surface area contributed by atoms with Crippen LogP contribution >= 0.6 is 24.0 Å². The standard InChI is InChI=1S/C22H27FN4O.HI/c1-24-22(27(2)15-16-9-11-19(23)12-10-16)25-14-17-5-3-8-20(13-17)26-21(28)18-6-4-7-18;/h3,5,8-13,18H,4,6-7,14-15H2,1-2H3,(H,24,25)(H,26,28);1H. The number of benzene rings is 2. The second kappa shape index (κ2) is 11.1. The van der Waals surface area contributed by atoms with E-state index in [9.17, 15) is 9.18 Å². The zero-order valence-electron chi connectivity index (χ0n) is 16.8. The molecule has 2 aromatic carbocycles. The zero-order valence-corrected chi connectivity index (χ0v) is 19.2. The van der Waals surface area contributed by atoms with Gasteiger partial charge in [0.05, 0.1) is 0 Å². The maximum absolute atomic E-state index is 13.1. The van der Waals surface area contributed by atoms with Crippen LogP contribution in [0, 0.1) is 11.7 Å². The molecule has 0 aliphatic heterocycles. The van der Waals surface area contributed by atoms with Gasteiger partial charge in [-0.1, -0.05) is 30.7 Å². The third-order valence-corrected chi connectivity index (χ3v) is 5.03. The van der Waals surface area contributed by atoms with Crippen LogP contribution in [0.25, 0.3) is 0 Å². The molecule has 1 aliphatic carbocycles. The van der Waals surface area contributed by atoms with Gasteiger partial charge < -0.3 is 15.5 Å². The summed E-state index contributed by atoms with van der Waals surface area (Å²) >= 11 is 0. The van der Waals surface area contributed by atoms with Gasteiger partial charge in [-0.3, -0.25) is 9.79 Å². The predicted octanol–water partition coefficient (Wildman–Crippen LogP) is 4.39. The topological polar surface area (TPSA) is 56.7 Å². The lowest BCUT2D eigenvalue weighted by molar-refractivity contribution is -0.122. The molecule has 0 unspecified atom stereocenters. The van der Waals surface area contributed by atoms with E-state index in [1.165, 1.54) is 12.1 Å². The van der Waals surface area contributed by atoms with Crippen LogP contribution in [0.4, 0.5) is 10.1 Å². The molecule has 1 fully saturated rings. The average Bonchev–Trinajstić information content (AvgIpc) is 2.63. The van der Waals surface area contributed by atoms with E-state index in [4.69, 9.17) is 0 Å². The van der Waals surface area contributed by atoms with Crippen molar-refractivity contribution in [2.75, 3.05) is 19.4 Å². The number of hydrogen-bond donors (Lipinski definition) is 2. The van der Waals surface area contributed by atoms with Gasteiger partial charge in [-0.25, -0.2) is 4.39 Å². The third-order valence-electron chi connectivity index (χ3n) is 5.03. The summed E-state index contributed by atoms with van der Waals surface area (Å²) < 4.78 is 13.1. The molecule has 7 heteroatoms. The number of aliphatic imine (C=N–C) groups is 1. The number of rotatable bonds is 6. The van der Waals surface area contributed by atoms with Crippen molar-refractivity contribution in [2.24, 2.45) is 10.9 Å². The molecular formula is C22H28FIN4O. The quantitative estimate of drug-likeness (QED) is 0.345. The summed E-state index contributed by atoms with van der Waals surface area (Å²) in [7, 11) is 3.67. The summed E-state index contributed by atoms with van der Waals surface area (Å²) in [5.74, 6) is 0.790. The molecule has 29 heavy (non-hydrogen) atoms. The first-order chi connectivity index (χ1) is 13.5. The monoisotopic (exact) mass is 510 g/mol. The highest BCUT2D eigenvalue weighted by Gasteiger charge is 2.25. The number of hydrogen-bond acceptors (Lipinski definition) is 2. The number of amides is 1. The minimum absolute atomic E-state index is 0. The second-order valence-electron chi connectivity index (χ2n) is 7.20. The molecule has 0 bridgehead atoms. The Labute approximate surface area is 188 Å². The summed E-state index contributed by atoms with van der Waals surface area (Å²) in [5, 5.41) is 6.34. The fourth-order valence-corrected chi connectivity index (χ4v) is 3.18. The summed E-state index contributed by atoms with van der Waals surface area (Å²) in [5.41, 5.74) is 2.89. The van der Waals surface area contributed by atoms with Crippen LogP contribution in [-0.2, 0) is 17.9 Å². The van der Waals surface area contributed by atoms with Crippen LogP contribution in [0.1, 0.15) is 30.4 Å². The van der Waals surface area contributed by atoms with Crippen molar-refractivity contribution in [1.29, 1.82) is 0 Å². The molecule has 2 N–H and O–H groups in total. The molecule has 1 saturated carbocycles. The number of guanidine groups is 1. The van der Waals surface area contributed by atoms with Gasteiger partial charge in [-0.15, -0.1) is 24.0 Å².